The van der Waals surface area contributed by atoms with E-state index in [4.69, 9.17) is 19.2 Å². The van der Waals surface area contributed by atoms with Gasteiger partial charge in [0.15, 0.2) is 5.96 Å². The van der Waals surface area contributed by atoms with Crippen molar-refractivity contribution in [3.05, 3.63) is 17.7 Å². The first-order chi connectivity index (χ1) is 13.0. The highest BCUT2D eigenvalue weighted by Crippen LogP contribution is 2.34. The van der Waals surface area contributed by atoms with E-state index < -0.39 is 0 Å². The van der Waals surface area contributed by atoms with Gasteiger partial charge in [-0.25, -0.2) is 4.99 Å². The topological polar surface area (TPSA) is 75.6 Å². The number of nitrogens with zero attached hydrogens (tertiary/aromatic N) is 3. The van der Waals surface area contributed by atoms with Gasteiger partial charge < -0.3 is 29.3 Å². The minimum Gasteiger partial charge on any atom is -0.496 e. The quantitative estimate of drug-likeness (QED) is 0.362. The summed E-state index contributed by atoms with van der Waals surface area (Å²) in [7, 11) is 4.84. The molecule has 1 aliphatic heterocycles. The van der Waals surface area contributed by atoms with Crippen molar-refractivity contribution < 1.29 is 19.0 Å². The van der Waals surface area contributed by atoms with Crippen LogP contribution in [0.1, 0.15) is 19.4 Å². The first-order valence-corrected chi connectivity index (χ1v) is 9.11. The Balaban J connectivity index is 0.00000392. The van der Waals surface area contributed by atoms with Crippen molar-refractivity contribution in [2.45, 2.75) is 20.4 Å². The summed E-state index contributed by atoms with van der Waals surface area (Å²) in [4.78, 5) is 20.3. The zero-order valence-corrected chi connectivity index (χ0v) is 19.6. The number of halogens is 1. The number of amides is 1. The standard InChI is InChI=1S/C19H30N4O4.HI/c1-6-20-19(23-9-7-22(8-10-23)14(2)24)21-13-16-17(26-4)11-15(25-3)12-18(16)27-5;/h11-12H,6-10,13H2,1-5H3,(H,20,21);1H. The molecule has 0 bridgehead atoms. The van der Waals surface area contributed by atoms with E-state index in [9.17, 15) is 4.79 Å². The Labute approximate surface area is 184 Å². The Morgan fingerprint density at radius 1 is 1.04 bits per heavy atom. The molecule has 1 N–H and O–H groups in total. The van der Waals surface area contributed by atoms with Crippen LogP contribution in [0.5, 0.6) is 17.2 Å². The van der Waals surface area contributed by atoms with Crippen LogP contribution in [0.25, 0.3) is 0 Å². The number of carbonyl (C=O) groups excluding carboxylic acids is 1. The number of hydrogen-bond donors (Lipinski definition) is 1. The molecule has 1 aromatic rings. The number of hydrogen-bond acceptors (Lipinski definition) is 5. The maximum absolute atomic E-state index is 11.5. The molecule has 28 heavy (non-hydrogen) atoms. The number of guanidine groups is 1. The fourth-order valence-electron chi connectivity index (χ4n) is 3.05. The number of aliphatic imine (C=N–C) groups is 1. The molecular formula is C19H31IN4O4. The second kappa shape index (κ2) is 11.8. The van der Waals surface area contributed by atoms with Crippen molar-refractivity contribution in [2.24, 2.45) is 4.99 Å². The largest absolute Gasteiger partial charge is 0.496 e. The third-order valence-corrected chi connectivity index (χ3v) is 4.56. The first kappa shape index (κ1) is 24.1. The van der Waals surface area contributed by atoms with Crippen molar-refractivity contribution in [1.29, 1.82) is 0 Å². The van der Waals surface area contributed by atoms with Crippen LogP contribution in [0.15, 0.2) is 17.1 Å². The third-order valence-electron chi connectivity index (χ3n) is 4.56. The average Bonchev–Trinajstić information content (AvgIpc) is 2.70. The number of methoxy groups -OCH3 is 3. The van der Waals surface area contributed by atoms with Crippen LogP contribution in [-0.4, -0.2) is 75.7 Å². The van der Waals surface area contributed by atoms with Crippen molar-refractivity contribution in [2.75, 3.05) is 54.1 Å². The number of nitrogens with one attached hydrogen (secondary N) is 1. The fourth-order valence-corrected chi connectivity index (χ4v) is 3.05. The van der Waals surface area contributed by atoms with Gasteiger partial charge in [-0.3, -0.25) is 4.79 Å². The molecule has 0 atom stereocenters. The predicted octanol–water partition coefficient (Wildman–Crippen LogP) is 1.96. The smallest absolute Gasteiger partial charge is 0.219 e. The maximum atomic E-state index is 11.5. The van der Waals surface area contributed by atoms with E-state index in [2.05, 4.69) is 10.2 Å². The molecule has 0 unspecified atom stereocenters. The molecule has 1 fully saturated rings. The van der Waals surface area contributed by atoms with Gasteiger partial charge in [-0.1, -0.05) is 0 Å². The molecule has 0 aliphatic carbocycles. The van der Waals surface area contributed by atoms with Gasteiger partial charge in [0.05, 0.1) is 33.4 Å². The zero-order chi connectivity index (χ0) is 19.8. The second-order valence-electron chi connectivity index (χ2n) is 6.17. The van der Waals surface area contributed by atoms with Crippen molar-refractivity contribution in [1.82, 2.24) is 15.1 Å². The summed E-state index contributed by atoms with van der Waals surface area (Å²) in [5.74, 6) is 2.95. The number of ether oxygens (including phenoxy) is 3. The van der Waals surface area contributed by atoms with Gasteiger partial charge >= 0.3 is 0 Å². The van der Waals surface area contributed by atoms with Gasteiger partial charge in [0, 0.05) is 51.8 Å². The SMILES string of the molecule is CCNC(=NCc1c(OC)cc(OC)cc1OC)N1CCN(C(C)=O)CC1.I. The molecule has 0 aromatic heterocycles. The fraction of sp³-hybridized carbons (Fsp3) is 0.579. The highest BCUT2D eigenvalue weighted by molar-refractivity contribution is 14.0. The molecule has 1 saturated heterocycles. The van der Waals surface area contributed by atoms with Crippen LogP contribution in [0.3, 0.4) is 0 Å². The molecule has 2 rings (SSSR count). The van der Waals surface area contributed by atoms with E-state index in [-0.39, 0.29) is 29.9 Å². The van der Waals surface area contributed by atoms with Crippen LogP contribution >= 0.6 is 24.0 Å². The predicted molar refractivity (Wildman–Crippen MR) is 120 cm³/mol. The Morgan fingerprint density at radius 3 is 2.00 bits per heavy atom. The van der Waals surface area contributed by atoms with E-state index in [0.29, 0.717) is 36.9 Å². The maximum Gasteiger partial charge on any atom is 0.219 e. The lowest BCUT2D eigenvalue weighted by atomic mass is 10.1. The highest BCUT2D eigenvalue weighted by Gasteiger charge is 2.21. The lowest BCUT2D eigenvalue weighted by Crippen LogP contribution is -2.53. The summed E-state index contributed by atoms with van der Waals surface area (Å²) in [6, 6.07) is 3.65. The molecule has 8 nitrogen and oxygen atoms in total. The molecule has 1 aromatic carbocycles. The molecule has 1 aliphatic rings. The molecule has 1 heterocycles. The van der Waals surface area contributed by atoms with Crippen LogP contribution in [-0.2, 0) is 11.3 Å². The van der Waals surface area contributed by atoms with Crippen LogP contribution in [0, 0.1) is 0 Å². The average molecular weight is 506 g/mol. The van der Waals surface area contributed by atoms with Gasteiger partial charge in [0.2, 0.25) is 5.91 Å². The van der Waals surface area contributed by atoms with Crippen molar-refractivity contribution >= 4 is 35.8 Å². The van der Waals surface area contributed by atoms with Crippen LogP contribution < -0.4 is 19.5 Å². The van der Waals surface area contributed by atoms with Crippen molar-refractivity contribution in [3.63, 3.8) is 0 Å². The van der Waals surface area contributed by atoms with E-state index in [0.717, 1.165) is 31.2 Å². The van der Waals surface area contributed by atoms with Gasteiger partial charge in [-0.2, -0.15) is 0 Å². The lowest BCUT2D eigenvalue weighted by Gasteiger charge is -2.36. The number of piperazine rings is 1. The molecule has 0 spiro atoms. The minimum absolute atomic E-state index is 0. The van der Waals surface area contributed by atoms with Crippen LogP contribution in [0.2, 0.25) is 0 Å². The van der Waals surface area contributed by atoms with Gasteiger partial charge in [0.1, 0.15) is 17.2 Å². The van der Waals surface area contributed by atoms with Gasteiger partial charge in [-0.05, 0) is 6.92 Å². The second-order valence-corrected chi connectivity index (χ2v) is 6.17. The van der Waals surface area contributed by atoms with E-state index in [1.54, 1.807) is 28.3 Å². The van der Waals surface area contributed by atoms with E-state index in [1.807, 2.05) is 24.0 Å². The highest BCUT2D eigenvalue weighted by atomic mass is 127. The lowest BCUT2D eigenvalue weighted by molar-refractivity contribution is -0.130. The molecular weight excluding hydrogens is 475 g/mol. The molecule has 0 radical (unpaired) electrons. The Kier molecular flexibility index (Phi) is 10.2. The minimum atomic E-state index is 0. The molecule has 0 saturated carbocycles. The molecule has 158 valence electrons. The Morgan fingerprint density at radius 2 is 1.57 bits per heavy atom. The normalized spacial score (nSPS) is 14.2. The summed E-state index contributed by atoms with van der Waals surface area (Å²) in [6.45, 7) is 7.73. The summed E-state index contributed by atoms with van der Waals surface area (Å²) in [5, 5.41) is 3.33. The first-order valence-electron chi connectivity index (χ1n) is 9.11. The summed E-state index contributed by atoms with van der Waals surface area (Å²) in [5.41, 5.74) is 0.860. The third kappa shape index (κ3) is 6.05. The molecule has 9 heteroatoms. The van der Waals surface area contributed by atoms with E-state index in [1.165, 1.54) is 0 Å². The van der Waals surface area contributed by atoms with Gasteiger partial charge in [-0.15, -0.1) is 24.0 Å². The van der Waals surface area contributed by atoms with E-state index >= 15 is 0 Å². The number of carbonyl (C=O) groups is 1. The van der Waals surface area contributed by atoms with Crippen molar-refractivity contribution in [3.8, 4) is 17.2 Å². The summed E-state index contributed by atoms with van der Waals surface area (Å²) in [6.07, 6.45) is 0. The zero-order valence-electron chi connectivity index (χ0n) is 17.3. The number of benzene rings is 1. The van der Waals surface area contributed by atoms with Crippen LogP contribution in [0.4, 0.5) is 0 Å². The molecule has 1 amide bonds. The monoisotopic (exact) mass is 506 g/mol. The number of rotatable bonds is 6. The Hall–Kier alpha value is -1.91. The Bertz CT molecular complexity index is 651. The summed E-state index contributed by atoms with van der Waals surface area (Å²) < 4.78 is 16.3. The summed E-state index contributed by atoms with van der Waals surface area (Å²) >= 11 is 0. The van der Waals surface area contributed by atoms with Gasteiger partial charge in [0.25, 0.3) is 0 Å².